The van der Waals surface area contributed by atoms with Crippen molar-refractivity contribution < 1.29 is 12.8 Å². The highest BCUT2D eigenvalue weighted by atomic mass is 32.2. The largest absolute Gasteiger partial charge is 0.321 e. The molecule has 0 saturated heterocycles. The molecule has 0 aliphatic carbocycles. The van der Waals surface area contributed by atoms with Gasteiger partial charge in [0.2, 0.25) is 10.0 Å². The van der Waals surface area contributed by atoms with Crippen molar-refractivity contribution in [2.75, 3.05) is 0 Å². The van der Waals surface area contributed by atoms with Crippen LogP contribution in [0.15, 0.2) is 64.3 Å². The molecule has 0 bridgehead atoms. The maximum Gasteiger partial charge on any atom is 0.252 e. The third kappa shape index (κ3) is 4.32. The predicted octanol–water partition coefficient (Wildman–Crippen LogP) is 4.99. The van der Waals surface area contributed by atoms with Gasteiger partial charge in [-0.25, -0.2) is 12.8 Å². The minimum atomic E-state index is -4.13. The van der Waals surface area contributed by atoms with Gasteiger partial charge in [-0.2, -0.15) is 13.1 Å². The third-order valence-corrected chi connectivity index (χ3v) is 8.93. The molecule has 0 aliphatic heterocycles. The van der Waals surface area contributed by atoms with E-state index >= 15 is 0 Å². The van der Waals surface area contributed by atoms with Crippen LogP contribution in [0.5, 0.6) is 0 Å². The second-order valence-corrected chi connectivity index (χ2v) is 11.2. The van der Waals surface area contributed by atoms with Crippen LogP contribution in [-0.2, 0) is 23.1 Å². The summed E-state index contributed by atoms with van der Waals surface area (Å²) < 4.78 is 51.4. The number of halogens is 1. The summed E-state index contributed by atoms with van der Waals surface area (Å²) in [5.74, 6) is -0.418. The lowest BCUT2D eigenvalue weighted by atomic mass is 10.0. The number of aryl methyl sites for hydroxylation is 3. The molecule has 0 radical (unpaired) electrons. The quantitative estimate of drug-likeness (QED) is 0.339. The zero-order valence-corrected chi connectivity index (χ0v) is 21.5. The minimum Gasteiger partial charge on any atom is -0.321 e. The molecule has 184 valence electrons. The van der Waals surface area contributed by atoms with Crippen LogP contribution >= 0.6 is 11.7 Å². The number of sulfonamides is 1. The maximum absolute atomic E-state index is 14.1. The van der Waals surface area contributed by atoms with Gasteiger partial charge in [0.15, 0.2) is 0 Å². The van der Waals surface area contributed by atoms with Crippen LogP contribution < -0.4 is 5.56 Å². The molecule has 7 nitrogen and oxygen atoms in total. The predicted molar refractivity (Wildman–Crippen MR) is 139 cm³/mol. The monoisotopic (exact) mass is 522 g/mol. The number of pyridine rings is 1. The van der Waals surface area contributed by atoms with Gasteiger partial charge in [0, 0.05) is 18.7 Å². The molecular formula is C26H23FN4O3S2. The molecule has 1 N–H and O–H groups in total. The van der Waals surface area contributed by atoms with Crippen molar-refractivity contribution in [2.45, 2.75) is 38.8 Å². The van der Waals surface area contributed by atoms with E-state index in [4.69, 9.17) is 0 Å². The van der Waals surface area contributed by atoms with Crippen molar-refractivity contribution in [3.05, 3.63) is 98.6 Å². The topological polar surface area (TPSA) is 96.0 Å². The van der Waals surface area contributed by atoms with Crippen molar-refractivity contribution in [1.29, 1.82) is 0 Å². The van der Waals surface area contributed by atoms with E-state index in [0.717, 1.165) is 33.8 Å². The summed E-state index contributed by atoms with van der Waals surface area (Å²) in [4.78, 5) is 16.1. The maximum atomic E-state index is 14.1. The van der Waals surface area contributed by atoms with Gasteiger partial charge in [-0.05, 0) is 72.7 Å². The van der Waals surface area contributed by atoms with Gasteiger partial charge in [-0.1, -0.05) is 30.3 Å². The summed E-state index contributed by atoms with van der Waals surface area (Å²) >= 11 is 0.940. The lowest BCUT2D eigenvalue weighted by Crippen LogP contribution is -2.33. The molecule has 0 amide bonds. The number of nitrogens with one attached hydrogen (secondary N) is 1. The fourth-order valence-corrected chi connectivity index (χ4v) is 6.64. The smallest absolute Gasteiger partial charge is 0.252 e. The lowest BCUT2D eigenvalue weighted by molar-refractivity contribution is 0.400. The Morgan fingerprint density at radius 2 is 1.67 bits per heavy atom. The number of benzene rings is 3. The van der Waals surface area contributed by atoms with Crippen LogP contribution in [0.25, 0.3) is 21.9 Å². The first-order valence-corrected chi connectivity index (χ1v) is 13.4. The van der Waals surface area contributed by atoms with Crippen LogP contribution in [0.4, 0.5) is 4.39 Å². The van der Waals surface area contributed by atoms with E-state index in [1.807, 2.05) is 26.0 Å². The summed E-state index contributed by atoms with van der Waals surface area (Å²) in [6.07, 6.45) is 0. The second-order valence-electron chi connectivity index (χ2n) is 8.84. The van der Waals surface area contributed by atoms with Gasteiger partial charge >= 0.3 is 0 Å². The van der Waals surface area contributed by atoms with E-state index in [-0.39, 0.29) is 23.5 Å². The molecule has 36 heavy (non-hydrogen) atoms. The van der Waals surface area contributed by atoms with Crippen LogP contribution in [-0.4, -0.2) is 26.5 Å². The van der Waals surface area contributed by atoms with Crippen LogP contribution in [0, 0.1) is 26.6 Å². The molecule has 0 spiro atoms. The van der Waals surface area contributed by atoms with Crippen molar-refractivity contribution in [3.8, 4) is 0 Å². The number of nitrogens with zero attached hydrogens (tertiary/aromatic N) is 3. The first-order valence-electron chi connectivity index (χ1n) is 11.2. The molecule has 0 saturated carbocycles. The van der Waals surface area contributed by atoms with E-state index < -0.39 is 15.8 Å². The lowest BCUT2D eigenvalue weighted by Gasteiger charge is -2.23. The Morgan fingerprint density at radius 1 is 0.944 bits per heavy atom. The molecule has 5 rings (SSSR count). The molecular weight excluding hydrogens is 499 g/mol. The van der Waals surface area contributed by atoms with Gasteiger partial charge in [-0.15, -0.1) is 0 Å². The Balaban J connectivity index is 1.65. The van der Waals surface area contributed by atoms with Crippen molar-refractivity contribution in [3.63, 3.8) is 0 Å². The summed E-state index contributed by atoms with van der Waals surface area (Å²) in [5.41, 5.74) is 4.58. The van der Waals surface area contributed by atoms with E-state index in [2.05, 4.69) is 13.7 Å². The number of rotatable bonds is 6. The van der Waals surface area contributed by atoms with E-state index in [9.17, 15) is 17.6 Å². The normalized spacial score (nSPS) is 12.1. The Kier molecular flexibility index (Phi) is 6.19. The number of aromatic amines is 1. The van der Waals surface area contributed by atoms with Gasteiger partial charge in [0.1, 0.15) is 21.7 Å². The molecule has 0 atom stereocenters. The Labute approximate surface area is 211 Å². The summed E-state index contributed by atoms with van der Waals surface area (Å²) in [7, 11) is -4.13. The minimum absolute atomic E-state index is 0.0551. The van der Waals surface area contributed by atoms with Crippen LogP contribution in [0.2, 0.25) is 0 Å². The zero-order chi connectivity index (χ0) is 25.6. The average molecular weight is 523 g/mol. The fourth-order valence-electron chi connectivity index (χ4n) is 4.28. The first-order chi connectivity index (χ1) is 17.1. The second kappa shape index (κ2) is 9.20. The van der Waals surface area contributed by atoms with Crippen molar-refractivity contribution in [2.24, 2.45) is 0 Å². The molecule has 0 unspecified atom stereocenters. The SMILES string of the molecule is Cc1ccc2nsnc2c1S(=O)(=O)N(Cc1ccc(F)cc1)Cc1cc2ccc(C)c(C)c2[nH]c1=O. The number of hydrogen-bond donors (Lipinski definition) is 1. The van der Waals surface area contributed by atoms with E-state index in [0.29, 0.717) is 27.7 Å². The first kappa shape index (κ1) is 24.2. The molecule has 5 aromatic rings. The molecule has 0 fully saturated rings. The van der Waals surface area contributed by atoms with E-state index in [1.54, 1.807) is 25.1 Å². The number of aromatic nitrogens is 3. The highest BCUT2D eigenvalue weighted by Crippen LogP contribution is 2.30. The third-order valence-electron chi connectivity index (χ3n) is 6.42. The summed E-state index contributed by atoms with van der Waals surface area (Å²) in [5, 5.41) is 0.814. The highest BCUT2D eigenvalue weighted by Gasteiger charge is 2.30. The number of hydrogen-bond acceptors (Lipinski definition) is 6. The molecule has 2 heterocycles. The highest BCUT2D eigenvalue weighted by molar-refractivity contribution is 7.89. The van der Waals surface area contributed by atoms with Crippen molar-refractivity contribution >= 4 is 43.7 Å². The average Bonchev–Trinajstić information content (AvgIpc) is 3.31. The van der Waals surface area contributed by atoms with Crippen molar-refractivity contribution in [1.82, 2.24) is 18.0 Å². The van der Waals surface area contributed by atoms with E-state index in [1.165, 1.54) is 28.6 Å². The van der Waals surface area contributed by atoms with Gasteiger partial charge in [0.25, 0.3) is 5.56 Å². The standard InChI is InChI=1S/C26H23FN4O3S2/c1-15-4-8-19-12-20(26(32)28-23(19)17(15)3)14-31(13-18-6-9-21(27)10-7-18)36(33,34)25-16(2)5-11-22-24(25)30-35-29-22/h4-12H,13-14H2,1-3H3,(H,28,32). The molecule has 0 aliphatic rings. The summed E-state index contributed by atoms with van der Waals surface area (Å²) in [6, 6.07) is 14.7. The Morgan fingerprint density at radius 3 is 2.42 bits per heavy atom. The zero-order valence-electron chi connectivity index (χ0n) is 19.9. The Bertz CT molecular complexity index is 1780. The van der Waals surface area contributed by atoms with Gasteiger partial charge in [-0.3, -0.25) is 4.79 Å². The van der Waals surface area contributed by atoms with Crippen LogP contribution in [0.1, 0.15) is 27.8 Å². The van der Waals surface area contributed by atoms with Gasteiger partial charge in [0.05, 0.1) is 17.2 Å². The number of H-pyrrole nitrogens is 1. The Hall–Kier alpha value is -3.47. The molecule has 2 aromatic heterocycles. The van der Waals surface area contributed by atoms with Crippen LogP contribution in [0.3, 0.4) is 0 Å². The molecule has 10 heteroatoms. The summed E-state index contributed by atoms with van der Waals surface area (Å²) in [6.45, 7) is 5.37. The molecule has 3 aromatic carbocycles. The number of fused-ring (bicyclic) bond motifs is 2. The fraction of sp³-hybridized carbons (Fsp3) is 0.192. The van der Waals surface area contributed by atoms with Gasteiger partial charge < -0.3 is 4.98 Å².